The normalized spacial score (nSPS) is 16.9. The van der Waals surface area contributed by atoms with Crippen LogP contribution in [0.2, 0.25) is 0 Å². The van der Waals surface area contributed by atoms with E-state index in [1.807, 2.05) is 6.92 Å². The van der Waals surface area contributed by atoms with Crippen molar-refractivity contribution in [2.45, 2.75) is 25.9 Å². The minimum Gasteiger partial charge on any atom is -0.481 e. The summed E-state index contributed by atoms with van der Waals surface area (Å²) in [6.45, 7) is 3.30. The molecule has 10 heteroatoms. The molecule has 0 bridgehead atoms. The zero-order chi connectivity index (χ0) is 19.2. The number of aromatic nitrogens is 3. The van der Waals surface area contributed by atoms with Gasteiger partial charge in [-0.3, -0.25) is 0 Å². The Morgan fingerprint density at radius 1 is 1.33 bits per heavy atom. The van der Waals surface area contributed by atoms with Crippen molar-refractivity contribution < 1.29 is 23.5 Å². The molecule has 3 rings (SSSR count). The van der Waals surface area contributed by atoms with Crippen LogP contribution in [0.25, 0.3) is 0 Å². The van der Waals surface area contributed by atoms with Crippen LogP contribution in [0.1, 0.15) is 18.6 Å². The van der Waals surface area contributed by atoms with E-state index < -0.39 is 0 Å². The summed E-state index contributed by atoms with van der Waals surface area (Å²) in [5.74, 6) is 1.86. The first-order valence-corrected chi connectivity index (χ1v) is 8.71. The summed E-state index contributed by atoms with van der Waals surface area (Å²) < 4.78 is 21.1. The summed E-state index contributed by atoms with van der Waals surface area (Å²) >= 11 is 0. The number of hydrogen-bond acceptors (Lipinski definition) is 8. The summed E-state index contributed by atoms with van der Waals surface area (Å²) in [5.41, 5.74) is 0.470. The molecule has 2 amide bonds. The molecule has 10 nitrogen and oxygen atoms in total. The Kier molecular flexibility index (Phi) is 6.07. The lowest BCUT2D eigenvalue weighted by atomic mass is 10.2. The van der Waals surface area contributed by atoms with E-state index in [4.69, 9.17) is 18.7 Å². The van der Waals surface area contributed by atoms with Crippen LogP contribution in [-0.4, -0.2) is 66.1 Å². The van der Waals surface area contributed by atoms with Gasteiger partial charge in [-0.2, -0.15) is 9.97 Å². The molecular formula is C17H23N5O5. The third-order valence-corrected chi connectivity index (χ3v) is 4.13. The SMILES string of the molecule is CCc1nc(C[C@H]2CN(C(=O)Nc3ccc(OC)nc3OC)CCO2)no1. The van der Waals surface area contributed by atoms with E-state index in [0.717, 1.165) is 0 Å². The third kappa shape index (κ3) is 4.64. The highest BCUT2D eigenvalue weighted by molar-refractivity contribution is 5.90. The third-order valence-electron chi connectivity index (χ3n) is 4.13. The molecule has 1 saturated heterocycles. The number of carbonyl (C=O) groups is 1. The van der Waals surface area contributed by atoms with E-state index in [1.165, 1.54) is 14.2 Å². The van der Waals surface area contributed by atoms with Crippen LogP contribution < -0.4 is 14.8 Å². The lowest BCUT2D eigenvalue weighted by Crippen LogP contribution is -2.48. The van der Waals surface area contributed by atoms with Crippen molar-refractivity contribution in [1.29, 1.82) is 0 Å². The largest absolute Gasteiger partial charge is 0.481 e. The minimum atomic E-state index is -0.254. The molecule has 1 atom stereocenters. The summed E-state index contributed by atoms with van der Waals surface area (Å²) in [4.78, 5) is 22.8. The van der Waals surface area contributed by atoms with Crippen molar-refractivity contribution in [1.82, 2.24) is 20.0 Å². The molecular weight excluding hydrogens is 354 g/mol. The molecule has 3 heterocycles. The number of urea groups is 1. The monoisotopic (exact) mass is 377 g/mol. The average molecular weight is 377 g/mol. The van der Waals surface area contributed by atoms with Crippen molar-refractivity contribution in [3.05, 3.63) is 23.8 Å². The second kappa shape index (κ2) is 8.67. The number of hydrogen-bond donors (Lipinski definition) is 1. The van der Waals surface area contributed by atoms with Crippen LogP contribution in [0, 0.1) is 0 Å². The van der Waals surface area contributed by atoms with Gasteiger partial charge < -0.3 is 29.0 Å². The average Bonchev–Trinajstić information content (AvgIpc) is 3.16. The highest BCUT2D eigenvalue weighted by Gasteiger charge is 2.26. The highest BCUT2D eigenvalue weighted by atomic mass is 16.5. The maximum absolute atomic E-state index is 12.6. The number of methoxy groups -OCH3 is 2. The van der Waals surface area contributed by atoms with E-state index in [1.54, 1.807) is 17.0 Å². The number of carbonyl (C=O) groups excluding carboxylic acids is 1. The molecule has 2 aromatic heterocycles. The first-order valence-electron chi connectivity index (χ1n) is 8.71. The van der Waals surface area contributed by atoms with Gasteiger partial charge in [0, 0.05) is 32.0 Å². The molecule has 0 radical (unpaired) electrons. The number of amides is 2. The highest BCUT2D eigenvalue weighted by Crippen LogP contribution is 2.25. The summed E-state index contributed by atoms with van der Waals surface area (Å²) in [5, 5.41) is 6.75. The zero-order valence-corrected chi connectivity index (χ0v) is 15.6. The number of pyridine rings is 1. The Labute approximate surface area is 156 Å². The van der Waals surface area contributed by atoms with Crippen molar-refractivity contribution in [2.24, 2.45) is 0 Å². The Morgan fingerprint density at radius 3 is 2.89 bits per heavy atom. The predicted molar refractivity (Wildman–Crippen MR) is 95.1 cm³/mol. The number of morpholine rings is 1. The van der Waals surface area contributed by atoms with Gasteiger partial charge in [-0.05, 0) is 6.07 Å². The molecule has 1 fully saturated rings. The molecule has 1 aliphatic heterocycles. The van der Waals surface area contributed by atoms with E-state index in [2.05, 4.69) is 20.4 Å². The molecule has 1 N–H and O–H groups in total. The number of ether oxygens (including phenoxy) is 3. The molecule has 2 aromatic rings. The van der Waals surface area contributed by atoms with Crippen LogP contribution in [0.3, 0.4) is 0 Å². The summed E-state index contributed by atoms with van der Waals surface area (Å²) in [6, 6.07) is 3.09. The summed E-state index contributed by atoms with van der Waals surface area (Å²) in [7, 11) is 3.00. The topological polar surface area (TPSA) is 112 Å². The van der Waals surface area contributed by atoms with E-state index in [9.17, 15) is 4.79 Å². The number of aryl methyl sites for hydroxylation is 1. The van der Waals surface area contributed by atoms with Gasteiger partial charge in [0.05, 0.1) is 26.9 Å². The molecule has 27 heavy (non-hydrogen) atoms. The van der Waals surface area contributed by atoms with Crippen molar-refractivity contribution in [2.75, 3.05) is 39.2 Å². The number of anilines is 1. The maximum Gasteiger partial charge on any atom is 0.322 e. The molecule has 0 aliphatic carbocycles. The minimum absolute atomic E-state index is 0.192. The number of rotatable bonds is 6. The van der Waals surface area contributed by atoms with Crippen LogP contribution >= 0.6 is 0 Å². The maximum atomic E-state index is 12.6. The van der Waals surface area contributed by atoms with Crippen LogP contribution in [0.4, 0.5) is 10.5 Å². The molecule has 0 aromatic carbocycles. The van der Waals surface area contributed by atoms with Crippen LogP contribution in [0.5, 0.6) is 11.8 Å². The zero-order valence-electron chi connectivity index (χ0n) is 15.6. The van der Waals surface area contributed by atoms with Crippen LogP contribution in [-0.2, 0) is 17.6 Å². The first-order chi connectivity index (χ1) is 13.1. The van der Waals surface area contributed by atoms with Gasteiger partial charge in [-0.1, -0.05) is 12.1 Å². The van der Waals surface area contributed by atoms with Gasteiger partial charge in [0.1, 0.15) is 5.69 Å². The van der Waals surface area contributed by atoms with Gasteiger partial charge in [0.25, 0.3) is 0 Å². The van der Waals surface area contributed by atoms with Crippen LogP contribution in [0.15, 0.2) is 16.7 Å². The van der Waals surface area contributed by atoms with Crippen molar-refractivity contribution in [3.8, 4) is 11.8 Å². The fraction of sp³-hybridized carbons (Fsp3) is 0.529. The smallest absolute Gasteiger partial charge is 0.322 e. The lowest BCUT2D eigenvalue weighted by molar-refractivity contribution is -0.0125. The van der Waals surface area contributed by atoms with Crippen molar-refractivity contribution >= 4 is 11.7 Å². The second-order valence-corrected chi connectivity index (χ2v) is 5.94. The molecule has 0 unspecified atom stereocenters. The summed E-state index contributed by atoms with van der Waals surface area (Å²) in [6.07, 6.45) is 0.980. The van der Waals surface area contributed by atoms with Gasteiger partial charge in [0.2, 0.25) is 17.7 Å². The Balaban J connectivity index is 1.61. The Morgan fingerprint density at radius 2 is 2.19 bits per heavy atom. The standard InChI is InChI=1S/C17H23N5O5/c1-4-14-19-13(21-27-14)9-11-10-22(7-8-26-11)17(23)18-12-5-6-15(24-2)20-16(12)25-3/h5-6,11H,4,7-10H2,1-3H3,(H,18,23)/t11-/m0/s1. The quantitative estimate of drug-likeness (QED) is 0.806. The van der Waals surface area contributed by atoms with Gasteiger partial charge >= 0.3 is 6.03 Å². The Hall–Kier alpha value is -2.88. The first kappa shape index (κ1) is 18.9. The molecule has 0 saturated carbocycles. The van der Waals surface area contributed by atoms with E-state index in [0.29, 0.717) is 55.8 Å². The fourth-order valence-electron chi connectivity index (χ4n) is 2.73. The second-order valence-electron chi connectivity index (χ2n) is 5.94. The molecule has 1 aliphatic rings. The van der Waals surface area contributed by atoms with Gasteiger partial charge in [-0.25, -0.2) is 4.79 Å². The van der Waals surface area contributed by atoms with Crippen molar-refractivity contribution in [3.63, 3.8) is 0 Å². The van der Waals surface area contributed by atoms with E-state index >= 15 is 0 Å². The van der Waals surface area contributed by atoms with Gasteiger partial charge in [-0.15, -0.1) is 0 Å². The fourth-order valence-corrected chi connectivity index (χ4v) is 2.73. The lowest BCUT2D eigenvalue weighted by Gasteiger charge is -2.32. The number of nitrogens with zero attached hydrogens (tertiary/aromatic N) is 4. The van der Waals surface area contributed by atoms with Gasteiger partial charge in [0.15, 0.2) is 5.82 Å². The number of nitrogens with one attached hydrogen (secondary N) is 1. The Bertz CT molecular complexity index is 781. The van der Waals surface area contributed by atoms with E-state index in [-0.39, 0.29) is 18.0 Å². The predicted octanol–water partition coefficient (Wildman–Crippen LogP) is 1.52. The molecule has 0 spiro atoms. The molecule has 146 valence electrons.